The quantitative estimate of drug-likeness (QED) is 0.630. The number of esters is 1. The predicted molar refractivity (Wildman–Crippen MR) is 61.4 cm³/mol. The number of rotatable bonds is 6. The van der Waals surface area contributed by atoms with Crippen molar-refractivity contribution in [2.45, 2.75) is 12.5 Å². The number of carbonyl (C=O) groups is 2. The van der Waals surface area contributed by atoms with Crippen molar-refractivity contribution >= 4 is 11.9 Å². The molecule has 0 spiro atoms. The van der Waals surface area contributed by atoms with E-state index in [2.05, 4.69) is 0 Å². The summed E-state index contributed by atoms with van der Waals surface area (Å²) in [6, 6.07) is 5.25. The topological polar surface area (TPSA) is 104 Å². The van der Waals surface area contributed by atoms with Crippen LogP contribution in [0.5, 0.6) is 0 Å². The maximum absolute atomic E-state index is 11.6. The molecule has 18 heavy (non-hydrogen) atoms. The van der Waals surface area contributed by atoms with E-state index in [1.165, 1.54) is 24.3 Å². The molecule has 0 saturated heterocycles. The maximum Gasteiger partial charge on any atom is 0.338 e. The summed E-state index contributed by atoms with van der Waals surface area (Å²) in [4.78, 5) is 22.2. The molecule has 1 unspecified atom stereocenters. The minimum absolute atomic E-state index is 0.0700. The van der Waals surface area contributed by atoms with Crippen LogP contribution < -0.4 is 0 Å². The monoisotopic (exact) mass is 254 g/mol. The number of hydrogen-bond acceptors (Lipinski definition) is 5. The molecule has 3 N–H and O–H groups in total. The van der Waals surface area contributed by atoms with Gasteiger partial charge in [-0.2, -0.15) is 0 Å². The zero-order valence-electron chi connectivity index (χ0n) is 9.57. The first-order valence-corrected chi connectivity index (χ1v) is 5.34. The van der Waals surface area contributed by atoms with Crippen molar-refractivity contribution in [3.63, 3.8) is 0 Å². The van der Waals surface area contributed by atoms with Gasteiger partial charge in [-0.25, -0.2) is 9.59 Å². The van der Waals surface area contributed by atoms with Crippen LogP contribution in [-0.4, -0.2) is 46.6 Å². The summed E-state index contributed by atoms with van der Waals surface area (Å²) in [5, 5.41) is 26.3. The fourth-order valence-corrected chi connectivity index (χ4v) is 1.30. The number of carbonyl (C=O) groups excluding carboxylic acids is 1. The molecule has 0 aliphatic carbocycles. The molecule has 6 heteroatoms. The van der Waals surface area contributed by atoms with E-state index in [0.29, 0.717) is 0 Å². The number of aromatic carboxylic acids is 1. The number of hydrogen-bond donors (Lipinski definition) is 3. The standard InChI is InChI=1S/C12H14O6/c13-6-5-10(7-14)18-12(17)9-3-1-8(2-4-9)11(15)16/h1-4,10,13-14H,5-7H2,(H,15,16). The van der Waals surface area contributed by atoms with E-state index in [9.17, 15) is 9.59 Å². The molecule has 0 amide bonds. The van der Waals surface area contributed by atoms with E-state index in [4.69, 9.17) is 20.1 Å². The summed E-state index contributed by atoms with van der Waals surface area (Å²) >= 11 is 0. The number of carboxylic acids is 1. The van der Waals surface area contributed by atoms with Crippen molar-refractivity contribution in [1.29, 1.82) is 0 Å². The third-order valence-corrected chi connectivity index (χ3v) is 2.30. The van der Waals surface area contributed by atoms with E-state index in [-0.39, 0.29) is 30.8 Å². The first-order chi connectivity index (χ1) is 8.58. The van der Waals surface area contributed by atoms with Crippen LogP contribution in [-0.2, 0) is 4.74 Å². The van der Waals surface area contributed by atoms with Gasteiger partial charge in [0.05, 0.1) is 17.7 Å². The van der Waals surface area contributed by atoms with Gasteiger partial charge in [-0.3, -0.25) is 0 Å². The number of ether oxygens (including phenoxy) is 1. The van der Waals surface area contributed by atoms with Crippen molar-refractivity contribution < 1.29 is 29.6 Å². The lowest BCUT2D eigenvalue weighted by Gasteiger charge is -2.14. The maximum atomic E-state index is 11.6. The van der Waals surface area contributed by atoms with Crippen LogP contribution >= 0.6 is 0 Å². The fourth-order valence-electron chi connectivity index (χ4n) is 1.30. The molecular weight excluding hydrogens is 240 g/mol. The number of aliphatic hydroxyl groups is 2. The highest BCUT2D eigenvalue weighted by molar-refractivity contribution is 5.92. The van der Waals surface area contributed by atoms with Gasteiger partial charge >= 0.3 is 11.9 Å². The van der Waals surface area contributed by atoms with E-state index in [0.717, 1.165) is 0 Å². The van der Waals surface area contributed by atoms with Crippen molar-refractivity contribution in [2.24, 2.45) is 0 Å². The van der Waals surface area contributed by atoms with Gasteiger partial charge in [-0.1, -0.05) is 0 Å². The van der Waals surface area contributed by atoms with Crippen LogP contribution in [0.15, 0.2) is 24.3 Å². The molecule has 0 bridgehead atoms. The Hall–Kier alpha value is -1.92. The van der Waals surface area contributed by atoms with Gasteiger partial charge in [0.1, 0.15) is 6.10 Å². The molecule has 0 saturated carbocycles. The summed E-state index contributed by atoms with van der Waals surface area (Å²) in [5.74, 6) is -1.75. The third-order valence-electron chi connectivity index (χ3n) is 2.30. The average Bonchev–Trinajstić information content (AvgIpc) is 2.38. The fraction of sp³-hybridized carbons (Fsp3) is 0.333. The van der Waals surface area contributed by atoms with Crippen LogP contribution in [0, 0.1) is 0 Å². The summed E-state index contributed by atoms with van der Waals surface area (Å²) < 4.78 is 4.93. The Morgan fingerprint density at radius 2 is 1.67 bits per heavy atom. The summed E-state index contributed by atoms with van der Waals surface area (Å²) in [5.41, 5.74) is 0.261. The van der Waals surface area contributed by atoms with Gasteiger partial charge in [0, 0.05) is 13.0 Å². The smallest absolute Gasteiger partial charge is 0.338 e. The Labute approximate surface area is 103 Å². The molecule has 0 aliphatic rings. The molecule has 6 nitrogen and oxygen atoms in total. The minimum atomic E-state index is -1.08. The van der Waals surface area contributed by atoms with E-state index in [1.807, 2.05) is 0 Å². The SMILES string of the molecule is O=C(O)c1ccc(C(=O)OC(CO)CCO)cc1. The Morgan fingerprint density at radius 3 is 2.11 bits per heavy atom. The van der Waals surface area contributed by atoms with Crippen LogP contribution in [0.25, 0.3) is 0 Å². The predicted octanol–water partition coefficient (Wildman–Crippen LogP) is 0.285. The van der Waals surface area contributed by atoms with Crippen LogP contribution in [0.3, 0.4) is 0 Å². The number of carboxylic acid groups (broad SMARTS) is 1. The van der Waals surface area contributed by atoms with Gasteiger partial charge in [-0.05, 0) is 24.3 Å². The summed E-state index contributed by atoms with van der Waals surface area (Å²) in [7, 11) is 0. The lowest BCUT2D eigenvalue weighted by molar-refractivity contribution is 0.00665. The second-order valence-electron chi connectivity index (χ2n) is 3.60. The van der Waals surface area contributed by atoms with Gasteiger partial charge in [-0.15, -0.1) is 0 Å². The second-order valence-corrected chi connectivity index (χ2v) is 3.60. The molecule has 0 heterocycles. The minimum Gasteiger partial charge on any atom is -0.478 e. The van der Waals surface area contributed by atoms with Gasteiger partial charge in [0.25, 0.3) is 0 Å². The van der Waals surface area contributed by atoms with Crippen molar-refractivity contribution in [3.8, 4) is 0 Å². The van der Waals surface area contributed by atoms with Crippen molar-refractivity contribution in [2.75, 3.05) is 13.2 Å². The van der Waals surface area contributed by atoms with Crippen LogP contribution in [0.2, 0.25) is 0 Å². The van der Waals surface area contributed by atoms with Gasteiger partial charge in [0.2, 0.25) is 0 Å². The summed E-state index contributed by atoms with van der Waals surface area (Å²) in [6.07, 6.45) is -0.614. The molecule has 0 radical (unpaired) electrons. The first kappa shape index (κ1) is 14.1. The lowest BCUT2D eigenvalue weighted by Crippen LogP contribution is -2.23. The molecular formula is C12H14O6. The molecule has 1 aromatic rings. The van der Waals surface area contributed by atoms with E-state index in [1.54, 1.807) is 0 Å². The Morgan fingerprint density at radius 1 is 1.11 bits per heavy atom. The molecule has 0 fully saturated rings. The second kappa shape index (κ2) is 6.73. The zero-order valence-corrected chi connectivity index (χ0v) is 9.57. The lowest BCUT2D eigenvalue weighted by atomic mass is 10.1. The summed E-state index contributed by atoms with van der Waals surface area (Å²) in [6.45, 7) is -0.573. The van der Waals surface area contributed by atoms with Gasteiger partial charge in [0.15, 0.2) is 0 Å². The Balaban J connectivity index is 2.69. The first-order valence-electron chi connectivity index (χ1n) is 5.34. The number of benzene rings is 1. The van der Waals surface area contributed by atoms with Crippen LogP contribution in [0.4, 0.5) is 0 Å². The largest absolute Gasteiger partial charge is 0.478 e. The van der Waals surface area contributed by atoms with E-state index >= 15 is 0 Å². The highest BCUT2D eigenvalue weighted by Crippen LogP contribution is 2.08. The third kappa shape index (κ3) is 3.83. The van der Waals surface area contributed by atoms with E-state index < -0.39 is 18.0 Å². The highest BCUT2D eigenvalue weighted by Gasteiger charge is 2.15. The molecule has 1 aromatic carbocycles. The van der Waals surface area contributed by atoms with Gasteiger partial charge < -0.3 is 20.1 Å². The van der Waals surface area contributed by atoms with Crippen molar-refractivity contribution in [3.05, 3.63) is 35.4 Å². The Kier molecular flexibility index (Phi) is 5.29. The molecule has 98 valence electrons. The molecule has 1 atom stereocenters. The Bertz CT molecular complexity index is 411. The molecule has 1 rings (SSSR count). The number of aliphatic hydroxyl groups excluding tert-OH is 2. The normalized spacial score (nSPS) is 11.9. The van der Waals surface area contributed by atoms with Crippen LogP contribution in [0.1, 0.15) is 27.1 Å². The average molecular weight is 254 g/mol. The molecule has 0 aromatic heterocycles. The van der Waals surface area contributed by atoms with Crippen molar-refractivity contribution in [1.82, 2.24) is 0 Å². The zero-order chi connectivity index (χ0) is 13.5. The highest BCUT2D eigenvalue weighted by atomic mass is 16.6. The molecule has 0 aliphatic heterocycles.